The highest BCUT2D eigenvalue weighted by atomic mass is 127. The van der Waals surface area contributed by atoms with Gasteiger partial charge in [0.1, 0.15) is 11.9 Å². The van der Waals surface area contributed by atoms with Crippen molar-refractivity contribution >= 4 is 34.2 Å². The van der Waals surface area contributed by atoms with E-state index in [1.54, 1.807) is 6.07 Å². The molecule has 0 aliphatic carbocycles. The highest BCUT2D eigenvalue weighted by Gasteiger charge is 2.23. The highest BCUT2D eigenvalue weighted by molar-refractivity contribution is 14.1. The van der Waals surface area contributed by atoms with Crippen molar-refractivity contribution in [1.82, 2.24) is 0 Å². The zero-order valence-corrected chi connectivity index (χ0v) is 13.0. The number of ether oxygens (including phenoxy) is 1. The topological polar surface area (TPSA) is 29.5 Å². The summed E-state index contributed by atoms with van der Waals surface area (Å²) in [5.74, 6) is 0.787. The number of fused-ring (bicyclic) bond motifs is 1. The molecule has 19 heavy (non-hydrogen) atoms. The van der Waals surface area contributed by atoms with Gasteiger partial charge in [0, 0.05) is 20.6 Å². The molecule has 1 heterocycles. The molecule has 1 aliphatic rings. The third-order valence-electron chi connectivity index (χ3n) is 3.26. The van der Waals surface area contributed by atoms with Crippen LogP contribution in [0.1, 0.15) is 22.8 Å². The molecule has 0 spiro atoms. The zero-order chi connectivity index (χ0) is 13.4. The lowest BCUT2D eigenvalue weighted by Gasteiger charge is -2.15. The van der Waals surface area contributed by atoms with Crippen molar-refractivity contribution < 1.29 is 9.84 Å². The first-order valence-electron chi connectivity index (χ1n) is 6.04. The molecule has 0 bridgehead atoms. The number of benzene rings is 2. The van der Waals surface area contributed by atoms with E-state index >= 15 is 0 Å². The minimum atomic E-state index is -0.706. The second-order valence-electron chi connectivity index (χ2n) is 4.54. The predicted octanol–water partition coefficient (Wildman–Crippen LogP) is 3.96. The molecule has 3 rings (SSSR count). The molecule has 0 radical (unpaired) electrons. The van der Waals surface area contributed by atoms with Crippen LogP contribution in [0.25, 0.3) is 0 Å². The Hall–Kier alpha value is -0.780. The molecule has 0 fully saturated rings. The zero-order valence-electron chi connectivity index (χ0n) is 10.1. The van der Waals surface area contributed by atoms with Crippen LogP contribution < -0.4 is 4.74 Å². The van der Waals surface area contributed by atoms with E-state index in [-0.39, 0.29) is 0 Å². The Balaban J connectivity index is 2.04. The Morgan fingerprint density at radius 3 is 2.68 bits per heavy atom. The van der Waals surface area contributed by atoms with Gasteiger partial charge < -0.3 is 9.84 Å². The van der Waals surface area contributed by atoms with Crippen LogP contribution >= 0.6 is 34.2 Å². The number of rotatable bonds is 2. The molecule has 1 N–H and O–H groups in total. The Labute approximate surface area is 130 Å². The molecular weight excluding hydrogens is 375 g/mol. The summed E-state index contributed by atoms with van der Waals surface area (Å²) in [7, 11) is 0. The van der Waals surface area contributed by atoms with Crippen molar-refractivity contribution in [3.05, 3.63) is 61.7 Å². The molecule has 0 amide bonds. The van der Waals surface area contributed by atoms with Gasteiger partial charge in [-0.05, 0) is 58.0 Å². The van der Waals surface area contributed by atoms with Gasteiger partial charge in [0.05, 0.1) is 6.61 Å². The highest BCUT2D eigenvalue weighted by Crippen LogP contribution is 2.38. The third-order valence-corrected chi connectivity index (χ3v) is 4.19. The Bertz CT molecular complexity index is 610. The van der Waals surface area contributed by atoms with E-state index in [4.69, 9.17) is 16.3 Å². The lowest BCUT2D eigenvalue weighted by molar-refractivity contribution is 0.213. The van der Waals surface area contributed by atoms with Crippen molar-refractivity contribution in [2.45, 2.75) is 12.5 Å². The average Bonchev–Trinajstić information content (AvgIpc) is 2.85. The molecule has 0 saturated carbocycles. The summed E-state index contributed by atoms with van der Waals surface area (Å²) in [6.45, 7) is 0.655. The lowest BCUT2D eigenvalue weighted by atomic mass is 9.98. The largest absolute Gasteiger partial charge is 0.493 e. The molecule has 0 saturated heterocycles. The van der Waals surface area contributed by atoms with Crippen LogP contribution in [0.4, 0.5) is 0 Å². The molecule has 2 aromatic carbocycles. The summed E-state index contributed by atoms with van der Waals surface area (Å²) < 4.78 is 6.77. The van der Waals surface area contributed by atoms with Gasteiger partial charge in [-0.25, -0.2) is 0 Å². The summed E-state index contributed by atoms with van der Waals surface area (Å²) in [5, 5.41) is 11.2. The monoisotopic (exact) mass is 386 g/mol. The van der Waals surface area contributed by atoms with E-state index in [0.29, 0.717) is 11.6 Å². The van der Waals surface area contributed by atoms with Crippen molar-refractivity contribution in [2.75, 3.05) is 6.61 Å². The number of hydrogen-bond acceptors (Lipinski definition) is 2. The van der Waals surface area contributed by atoms with Crippen molar-refractivity contribution in [3.8, 4) is 5.75 Å². The van der Waals surface area contributed by atoms with Gasteiger partial charge in [-0.1, -0.05) is 23.7 Å². The van der Waals surface area contributed by atoms with Crippen molar-refractivity contribution in [2.24, 2.45) is 0 Å². The average molecular weight is 387 g/mol. The molecule has 2 aromatic rings. The van der Waals surface area contributed by atoms with Crippen molar-refractivity contribution in [1.29, 1.82) is 0 Å². The maximum absolute atomic E-state index is 10.5. The number of aliphatic hydroxyl groups excluding tert-OH is 1. The molecule has 1 atom stereocenters. The van der Waals surface area contributed by atoms with Gasteiger partial charge >= 0.3 is 0 Å². The molecule has 4 heteroatoms. The Kier molecular flexibility index (Phi) is 3.69. The second kappa shape index (κ2) is 5.31. The summed E-state index contributed by atoms with van der Waals surface area (Å²) >= 11 is 8.36. The second-order valence-corrected chi connectivity index (χ2v) is 6.22. The van der Waals surface area contributed by atoms with Gasteiger partial charge in [-0.3, -0.25) is 0 Å². The molecule has 1 unspecified atom stereocenters. The van der Waals surface area contributed by atoms with E-state index in [0.717, 1.165) is 32.4 Å². The smallest absolute Gasteiger partial charge is 0.128 e. The minimum absolute atomic E-state index is 0.642. The Morgan fingerprint density at radius 2 is 1.95 bits per heavy atom. The van der Waals surface area contributed by atoms with Crippen LogP contribution in [0.2, 0.25) is 5.02 Å². The van der Waals surface area contributed by atoms with Crippen molar-refractivity contribution in [3.63, 3.8) is 0 Å². The first-order chi connectivity index (χ1) is 9.15. The normalized spacial score (nSPS) is 14.9. The van der Waals surface area contributed by atoms with Gasteiger partial charge in [0.15, 0.2) is 0 Å². The van der Waals surface area contributed by atoms with Crippen LogP contribution in [-0.2, 0) is 6.42 Å². The number of hydrogen-bond donors (Lipinski definition) is 1. The minimum Gasteiger partial charge on any atom is -0.493 e. The van der Waals surface area contributed by atoms with Gasteiger partial charge in [0.25, 0.3) is 0 Å². The maximum atomic E-state index is 10.5. The van der Waals surface area contributed by atoms with E-state index in [1.165, 1.54) is 0 Å². The standard InChI is InChI=1S/C15H12ClIO2/c16-11-7-10-5-6-19-15(10)13(8-11)14(18)9-1-3-12(17)4-2-9/h1-4,7-8,14,18H,5-6H2. The predicted molar refractivity (Wildman–Crippen MR) is 83.9 cm³/mol. The Morgan fingerprint density at radius 1 is 1.21 bits per heavy atom. The lowest BCUT2D eigenvalue weighted by Crippen LogP contribution is -2.02. The van der Waals surface area contributed by atoms with Gasteiger partial charge in [-0.2, -0.15) is 0 Å². The quantitative estimate of drug-likeness (QED) is 0.792. The fourth-order valence-electron chi connectivity index (χ4n) is 2.33. The fraction of sp³-hybridized carbons (Fsp3) is 0.200. The molecular formula is C15H12ClIO2. The number of aliphatic hydroxyl groups is 1. The van der Waals surface area contributed by atoms with Crippen LogP contribution in [0.5, 0.6) is 5.75 Å². The first-order valence-corrected chi connectivity index (χ1v) is 7.49. The molecule has 2 nitrogen and oxygen atoms in total. The van der Waals surface area contributed by atoms with Crippen LogP contribution in [0.3, 0.4) is 0 Å². The summed E-state index contributed by atoms with van der Waals surface area (Å²) in [4.78, 5) is 0. The molecule has 0 aromatic heterocycles. The van der Waals surface area contributed by atoms with Crippen LogP contribution in [-0.4, -0.2) is 11.7 Å². The van der Waals surface area contributed by atoms with E-state index in [9.17, 15) is 5.11 Å². The SMILES string of the molecule is OC(c1ccc(I)cc1)c1cc(Cl)cc2c1OCC2. The third kappa shape index (κ3) is 2.59. The van der Waals surface area contributed by atoms with E-state index in [2.05, 4.69) is 22.6 Å². The van der Waals surface area contributed by atoms with Gasteiger partial charge in [-0.15, -0.1) is 0 Å². The van der Waals surface area contributed by atoms with Crippen LogP contribution in [0, 0.1) is 3.57 Å². The fourth-order valence-corrected chi connectivity index (χ4v) is 2.93. The number of halogens is 2. The van der Waals surface area contributed by atoms with E-state index in [1.807, 2.05) is 30.3 Å². The first kappa shape index (κ1) is 13.2. The molecule has 1 aliphatic heterocycles. The summed E-state index contributed by atoms with van der Waals surface area (Å²) in [6.07, 6.45) is 0.144. The molecule has 98 valence electrons. The van der Waals surface area contributed by atoms with E-state index < -0.39 is 6.10 Å². The summed E-state index contributed by atoms with van der Waals surface area (Å²) in [5.41, 5.74) is 2.67. The summed E-state index contributed by atoms with van der Waals surface area (Å²) in [6, 6.07) is 11.5. The van der Waals surface area contributed by atoms with Crippen LogP contribution in [0.15, 0.2) is 36.4 Å². The van der Waals surface area contributed by atoms with Gasteiger partial charge in [0.2, 0.25) is 0 Å². The maximum Gasteiger partial charge on any atom is 0.128 e.